The molecule has 0 spiro atoms. The number of anilines is 1. The van der Waals surface area contributed by atoms with Crippen LogP contribution >= 0.6 is 11.3 Å². The van der Waals surface area contributed by atoms with Gasteiger partial charge in [0.05, 0.1) is 4.88 Å². The van der Waals surface area contributed by atoms with Crippen molar-refractivity contribution in [2.75, 3.05) is 18.8 Å². The number of nitrogens with zero attached hydrogens (tertiary/aromatic N) is 1. The van der Waals surface area contributed by atoms with Gasteiger partial charge >= 0.3 is 0 Å². The van der Waals surface area contributed by atoms with E-state index in [1.165, 1.54) is 0 Å². The zero-order valence-electron chi connectivity index (χ0n) is 11.3. The van der Waals surface area contributed by atoms with Gasteiger partial charge in [-0.2, -0.15) is 0 Å². The van der Waals surface area contributed by atoms with Gasteiger partial charge < -0.3 is 10.6 Å². The molecular formula is C15H18N2OS. The molecule has 2 N–H and O–H groups in total. The first-order valence-electron chi connectivity index (χ1n) is 6.53. The maximum Gasteiger partial charge on any atom is 0.263 e. The molecule has 2 aromatic rings. The summed E-state index contributed by atoms with van der Waals surface area (Å²) in [5.41, 5.74) is 6.77. The highest BCUT2D eigenvalue weighted by Gasteiger charge is 2.32. The smallest absolute Gasteiger partial charge is 0.263 e. The zero-order chi connectivity index (χ0) is 13.6. The Morgan fingerprint density at radius 3 is 2.84 bits per heavy atom. The Labute approximate surface area is 117 Å². The van der Waals surface area contributed by atoms with Crippen molar-refractivity contribution < 1.29 is 4.79 Å². The molecule has 1 amide bonds. The largest absolute Gasteiger partial charge is 0.399 e. The fourth-order valence-electron chi connectivity index (χ4n) is 2.61. The van der Waals surface area contributed by atoms with Gasteiger partial charge in [-0.1, -0.05) is 13.8 Å². The first kappa shape index (κ1) is 12.5. The second-order valence-corrected chi connectivity index (χ2v) is 7.13. The highest BCUT2D eigenvalue weighted by molar-refractivity contribution is 7.20. The highest BCUT2D eigenvalue weighted by Crippen LogP contribution is 2.33. The number of benzene rings is 1. The van der Waals surface area contributed by atoms with E-state index in [1.807, 2.05) is 29.2 Å². The quantitative estimate of drug-likeness (QED) is 0.811. The van der Waals surface area contributed by atoms with Crippen molar-refractivity contribution in [3.63, 3.8) is 0 Å². The van der Waals surface area contributed by atoms with E-state index in [9.17, 15) is 4.79 Å². The summed E-state index contributed by atoms with van der Waals surface area (Å²) >= 11 is 1.55. The van der Waals surface area contributed by atoms with Crippen LogP contribution in [-0.4, -0.2) is 23.9 Å². The molecule has 1 aliphatic heterocycles. The molecule has 19 heavy (non-hydrogen) atoms. The van der Waals surface area contributed by atoms with Crippen LogP contribution in [0, 0.1) is 5.41 Å². The Bertz CT molecular complexity index is 645. The zero-order valence-corrected chi connectivity index (χ0v) is 12.1. The average Bonchev–Trinajstić information content (AvgIpc) is 2.90. The van der Waals surface area contributed by atoms with Crippen molar-refractivity contribution in [2.45, 2.75) is 20.3 Å². The van der Waals surface area contributed by atoms with Crippen LogP contribution in [0.5, 0.6) is 0 Å². The van der Waals surface area contributed by atoms with Gasteiger partial charge in [0.1, 0.15) is 0 Å². The van der Waals surface area contributed by atoms with Gasteiger partial charge in [0.25, 0.3) is 5.91 Å². The van der Waals surface area contributed by atoms with E-state index in [4.69, 9.17) is 5.73 Å². The standard InChI is InChI=1S/C15H18N2OS/c1-15(2)5-6-17(9-15)14(18)13-8-10-7-11(16)3-4-12(10)19-13/h3-4,7-8H,5-6,9,16H2,1-2H3. The van der Waals surface area contributed by atoms with Gasteiger partial charge in [-0.25, -0.2) is 0 Å². The summed E-state index contributed by atoms with van der Waals surface area (Å²) in [5, 5.41) is 1.06. The maximum absolute atomic E-state index is 12.5. The van der Waals surface area contributed by atoms with Crippen LogP contribution < -0.4 is 5.73 Å². The molecule has 4 heteroatoms. The van der Waals surface area contributed by atoms with E-state index in [0.29, 0.717) is 0 Å². The van der Waals surface area contributed by atoms with Gasteiger partial charge in [0.2, 0.25) is 0 Å². The lowest BCUT2D eigenvalue weighted by Gasteiger charge is -2.19. The number of thiophene rings is 1. The lowest BCUT2D eigenvalue weighted by atomic mass is 9.93. The second-order valence-electron chi connectivity index (χ2n) is 6.05. The van der Waals surface area contributed by atoms with Gasteiger partial charge in [0, 0.05) is 23.5 Å². The first-order valence-corrected chi connectivity index (χ1v) is 7.35. The number of nitrogens with two attached hydrogens (primary N) is 1. The summed E-state index contributed by atoms with van der Waals surface area (Å²) in [4.78, 5) is 15.3. The minimum atomic E-state index is 0.158. The molecule has 1 aliphatic rings. The Balaban J connectivity index is 1.90. The van der Waals surface area contributed by atoms with Crippen molar-refractivity contribution in [3.8, 4) is 0 Å². The summed E-state index contributed by atoms with van der Waals surface area (Å²) in [5.74, 6) is 0.158. The molecule has 0 aliphatic carbocycles. The van der Waals surface area contributed by atoms with E-state index in [2.05, 4.69) is 13.8 Å². The Hall–Kier alpha value is -1.55. The molecule has 1 aromatic heterocycles. The molecule has 0 saturated carbocycles. The topological polar surface area (TPSA) is 46.3 Å². The SMILES string of the molecule is CC1(C)CCN(C(=O)c2cc3cc(N)ccc3s2)C1. The summed E-state index contributed by atoms with van der Waals surface area (Å²) in [6, 6.07) is 7.76. The minimum absolute atomic E-state index is 0.158. The molecule has 0 bridgehead atoms. The number of fused-ring (bicyclic) bond motifs is 1. The fourth-order valence-corrected chi connectivity index (χ4v) is 3.62. The molecule has 1 fully saturated rings. The second kappa shape index (κ2) is 4.23. The molecule has 3 rings (SSSR count). The third-order valence-electron chi connectivity index (χ3n) is 3.72. The molecule has 2 heterocycles. The van der Waals surface area contributed by atoms with Gasteiger partial charge in [-0.15, -0.1) is 11.3 Å². The van der Waals surface area contributed by atoms with Gasteiger partial charge in [-0.05, 0) is 41.5 Å². The van der Waals surface area contributed by atoms with Crippen LogP contribution in [0.3, 0.4) is 0 Å². The normalized spacial score (nSPS) is 18.1. The Morgan fingerprint density at radius 2 is 2.16 bits per heavy atom. The van der Waals surface area contributed by atoms with Crippen LogP contribution in [0.2, 0.25) is 0 Å². The summed E-state index contributed by atoms with van der Waals surface area (Å²) in [6.07, 6.45) is 1.08. The van der Waals surface area contributed by atoms with E-state index in [0.717, 1.165) is 40.2 Å². The number of nitrogen functional groups attached to an aromatic ring is 1. The van der Waals surface area contributed by atoms with Crippen molar-refractivity contribution in [3.05, 3.63) is 29.1 Å². The summed E-state index contributed by atoms with van der Waals surface area (Å²) < 4.78 is 1.12. The minimum Gasteiger partial charge on any atom is -0.399 e. The molecule has 0 atom stereocenters. The molecule has 1 saturated heterocycles. The van der Waals surface area contributed by atoms with Crippen LogP contribution in [-0.2, 0) is 0 Å². The number of carbonyl (C=O) groups excluding carboxylic acids is 1. The molecule has 1 aromatic carbocycles. The number of amides is 1. The third-order valence-corrected chi connectivity index (χ3v) is 4.82. The van der Waals surface area contributed by atoms with Gasteiger partial charge in [-0.3, -0.25) is 4.79 Å². The predicted octanol–water partition coefficient (Wildman–Crippen LogP) is 3.36. The lowest BCUT2D eigenvalue weighted by Crippen LogP contribution is -2.29. The van der Waals surface area contributed by atoms with E-state index in [-0.39, 0.29) is 11.3 Å². The lowest BCUT2D eigenvalue weighted by molar-refractivity contribution is 0.0783. The number of likely N-dealkylation sites (tertiary alicyclic amines) is 1. The van der Waals surface area contributed by atoms with Crippen molar-refractivity contribution in [1.29, 1.82) is 0 Å². The Morgan fingerprint density at radius 1 is 1.37 bits per heavy atom. The molecule has 100 valence electrons. The molecular weight excluding hydrogens is 256 g/mol. The van der Waals surface area contributed by atoms with Crippen LogP contribution in [0.1, 0.15) is 29.9 Å². The van der Waals surface area contributed by atoms with Crippen LogP contribution in [0.25, 0.3) is 10.1 Å². The number of hydrogen-bond acceptors (Lipinski definition) is 3. The maximum atomic E-state index is 12.5. The summed E-state index contributed by atoms with van der Waals surface area (Å²) in [6.45, 7) is 6.14. The number of hydrogen-bond donors (Lipinski definition) is 1. The molecule has 0 unspecified atom stereocenters. The number of carbonyl (C=O) groups is 1. The molecule has 3 nitrogen and oxygen atoms in total. The Kier molecular flexibility index (Phi) is 2.78. The average molecular weight is 274 g/mol. The molecule has 0 radical (unpaired) electrons. The summed E-state index contributed by atoms with van der Waals surface area (Å²) in [7, 11) is 0. The van der Waals surface area contributed by atoms with E-state index >= 15 is 0 Å². The van der Waals surface area contributed by atoms with Crippen LogP contribution in [0.4, 0.5) is 5.69 Å². The van der Waals surface area contributed by atoms with Crippen LogP contribution in [0.15, 0.2) is 24.3 Å². The van der Waals surface area contributed by atoms with E-state index in [1.54, 1.807) is 11.3 Å². The fraction of sp³-hybridized carbons (Fsp3) is 0.400. The van der Waals surface area contributed by atoms with E-state index < -0.39 is 0 Å². The monoisotopic (exact) mass is 274 g/mol. The third kappa shape index (κ3) is 2.32. The highest BCUT2D eigenvalue weighted by atomic mass is 32.1. The van der Waals surface area contributed by atoms with Crippen molar-refractivity contribution >= 4 is 33.0 Å². The predicted molar refractivity (Wildman–Crippen MR) is 80.5 cm³/mol. The van der Waals surface area contributed by atoms with Crippen molar-refractivity contribution in [2.24, 2.45) is 5.41 Å². The van der Waals surface area contributed by atoms with Crippen molar-refractivity contribution in [1.82, 2.24) is 4.90 Å². The van der Waals surface area contributed by atoms with Gasteiger partial charge in [0.15, 0.2) is 0 Å². The first-order chi connectivity index (χ1) is 8.94. The number of rotatable bonds is 1.